The van der Waals surface area contributed by atoms with Crippen LogP contribution in [0.5, 0.6) is 0 Å². The Kier molecular flexibility index (Phi) is 22.9. The molecule has 0 spiro atoms. The van der Waals surface area contributed by atoms with Crippen molar-refractivity contribution in [2.75, 3.05) is 0 Å². The first-order valence-corrected chi connectivity index (χ1v) is 16.4. The first-order valence-electron chi connectivity index (χ1n) is 16.4. The predicted molar refractivity (Wildman–Crippen MR) is 156 cm³/mol. The molecule has 0 fully saturated rings. The zero-order chi connectivity index (χ0) is 25.2. The van der Waals surface area contributed by atoms with Crippen molar-refractivity contribution in [3.05, 3.63) is 18.2 Å². The van der Waals surface area contributed by atoms with Crippen LogP contribution in [0.1, 0.15) is 181 Å². The summed E-state index contributed by atoms with van der Waals surface area (Å²) in [6.45, 7) is 9.35. The second-order valence-corrected chi connectivity index (χ2v) is 11.3. The molecule has 1 aromatic rings. The van der Waals surface area contributed by atoms with Crippen LogP contribution >= 0.6 is 0 Å². The second kappa shape index (κ2) is 24.9. The molecular formula is C33H65N2+. The summed E-state index contributed by atoms with van der Waals surface area (Å²) in [6.07, 6.45) is 40.1. The highest BCUT2D eigenvalue weighted by Gasteiger charge is 2.16. The summed E-state index contributed by atoms with van der Waals surface area (Å²) >= 11 is 0. The number of hydrogen-bond acceptors (Lipinski definition) is 0. The monoisotopic (exact) mass is 490 g/mol. The fourth-order valence-electron chi connectivity index (χ4n) is 5.41. The van der Waals surface area contributed by atoms with E-state index in [-0.39, 0.29) is 0 Å². The third-order valence-corrected chi connectivity index (χ3v) is 7.85. The van der Waals surface area contributed by atoms with Crippen molar-refractivity contribution in [2.24, 2.45) is 0 Å². The van der Waals surface area contributed by atoms with Crippen molar-refractivity contribution >= 4 is 0 Å². The molecule has 2 heteroatoms. The molecule has 1 aromatic heterocycles. The highest BCUT2D eigenvalue weighted by molar-refractivity contribution is 4.84. The minimum atomic E-state index is 1.20. The van der Waals surface area contributed by atoms with Crippen LogP contribution in [0, 0.1) is 0 Å². The van der Waals surface area contributed by atoms with Crippen LogP contribution < -0.4 is 4.57 Å². The van der Waals surface area contributed by atoms with E-state index in [1.54, 1.807) is 5.82 Å². The molecule has 0 N–H and O–H groups in total. The molecule has 0 aliphatic carbocycles. The first kappa shape index (κ1) is 32.2. The standard InChI is InChI=1S/C33H65N2/c1-4-7-10-12-14-16-17-18-19-20-21-22-24-26-28-33-34(29-9-6-3)31-32-35(33)30-27-25-23-15-13-11-8-5-2/h31-32H,4-30H2,1-3H3/q+1. The van der Waals surface area contributed by atoms with Gasteiger partial charge in [0.05, 0.1) is 13.1 Å². The number of rotatable bonds is 27. The minimum absolute atomic E-state index is 1.20. The molecule has 0 aliphatic heterocycles. The summed E-state index contributed by atoms with van der Waals surface area (Å²) in [5.41, 5.74) is 0. The number of unbranched alkanes of at least 4 members (excludes halogenated alkanes) is 21. The Hall–Kier alpha value is -0.790. The molecule has 0 amide bonds. The minimum Gasteiger partial charge on any atom is -0.234 e. The third kappa shape index (κ3) is 18.2. The van der Waals surface area contributed by atoms with Gasteiger partial charge in [0.25, 0.3) is 5.82 Å². The molecule has 0 aliphatic rings. The van der Waals surface area contributed by atoms with E-state index in [0.29, 0.717) is 0 Å². The van der Waals surface area contributed by atoms with E-state index in [0.717, 1.165) is 0 Å². The van der Waals surface area contributed by atoms with Crippen LogP contribution in [0.25, 0.3) is 0 Å². The van der Waals surface area contributed by atoms with Gasteiger partial charge in [-0.1, -0.05) is 149 Å². The Labute approximate surface area is 221 Å². The number of imidazole rings is 1. The molecule has 0 aromatic carbocycles. The van der Waals surface area contributed by atoms with Crippen molar-refractivity contribution in [1.29, 1.82) is 0 Å². The normalized spacial score (nSPS) is 11.5. The smallest absolute Gasteiger partial charge is 0.234 e. The maximum absolute atomic E-state index is 2.59. The average Bonchev–Trinajstić information content (AvgIpc) is 3.25. The third-order valence-electron chi connectivity index (χ3n) is 7.85. The SMILES string of the molecule is CCCCCCCCCCCCCCCCc1n(CCCCCCCCCC)cc[n+]1CCCC. The molecule has 0 saturated heterocycles. The molecule has 2 nitrogen and oxygen atoms in total. The van der Waals surface area contributed by atoms with E-state index in [9.17, 15) is 0 Å². The van der Waals surface area contributed by atoms with Crippen molar-refractivity contribution in [1.82, 2.24) is 4.57 Å². The number of hydrogen-bond donors (Lipinski definition) is 0. The molecule has 0 atom stereocenters. The largest absolute Gasteiger partial charge is 0.256 e. The highest BCUT2D eigenvalue weighted by atomic mass is 15.1. The molecule has 35 heavy (non-hydrogen) atoms. The van der Waals surface area contributed by atoms with E-state index >= 15 is 0 Å². The van der Waals surface area contributed by atoms with Crippen LogP contribution in [-0.2, 0) is 19.5 Å². The lowest BCUT2D eigenvalue weighted by atomic mass is 10.0. The van der Waals surface area contributed by atoms with E-state index in [1.165, 1.54) is 174 Å². The fourth-order valence-corrected chi connectivity index (χ4v) is 5.41. The maximum Gasteiger partial charge on any atom is 0.256 e. The Morgan fingerprint density at radius 3 is 1.34 bits per heavy atom. The van der Waals surface area contributed by atoms with Gasteiger partial charge in [-0.3, -0.25) is 0 Å². The first-order chi connectivity index (χ1) is 17.3. The van der Waals surface area contributed by atoms with Crippen molar-refractivity contribution in [2.45, 2.75) is 194 Å². The average molecular weight is 490 g/mol. The zero-order valence-corrected chi connectivity index (χ0v) is 24.6. The van der Waals surface area contributed by atoms with Crippen LogP contribution in [0.15, 0.2) is 12.4 Å². The van der Waals surface area contributed by atoms with Gasteiger partial charge in [0.15, 0.2) is 0 Å². The summed E-state index contributed by atoms with van der Waals surface area (Å²) < 4.78 is 5.16. The lowest BCUT2D eigenvalue weighted by molar-refractivity contribution is -0.704. The van der Waals surface area contributed by atoms with Gasteiger partial charge in [0, 0.05) is 6.42 Å². The Bertz CT molecular complexity index is 547. The summed E-state index contributed by atoms with van der Waals surface area (Å²) in [5.74, 6) is 1.60. The summed E-state index contributed by atoms with van der Waals surface area (Å²) in [6, 6.07) is 0. The highest BCUT2D eigenvalue weighted by Crippen LogP contribution is 2.14. The molecule has 0 radical (unpaired) electrons. The Balaban J connectivity index is 2.14. The van der Waals surface area contributed by atoms with Gasteiger partial charge in [-0.05, 0) is 25.7 Å². The lowest BCUT2D eigenvalue weighted by Crippen LogP contribution is -2.37. The van der Waals surface area contributed by atoms with Gasteiger partial charge in [-0.2, -0.15) is 0 Å². The molecule has 1 rings (SSSR count). The summed E-state index contributed by atoms with van der Waals surface area (Å²) in [5, 5.41) is 0. The molecule has 206 valence electrons. The van der Waals surface area contributed by atoms with Crippen molar-refractivity contribution in [3.8, 4) is 0 Å². The van der Waals surface area contributed by atoms with Crippen LogP contribution in [0.4, 0.5) is 0 Å². The molecular weight excluding hydrogens is 424 g/mol. The van der Waals surface area contributed by atoms with E-state index in [4.69, 9.17) is 0 Å². The van der Waals surface area contributed by atoms with Gasteiger partial charge in [0.1, 0.15) is 12.4 Å². The molecule has 1 heterocycles. The Morgan fingerprint density at radius 2 is 0.886 bits per heavy atom. The molecule has 0 unspecified atom stereocenters. The van der Waals surface area contributed by atoms with Crippen molar-refractivity contribution in [3.63, 3.8) is 0 Å². The topological polar surface area (TPSA) is 8.81 Å². The quantitative estimate of drug-likeness (QED) is 0.0858. The zero-order valence-electron chi connectivity index (χ0n) is 24.6. The second-order valence-electron chi connectivity index (χ2n) is 11.3. The van der Waals surface area contributed by atoms with Crippen LogP contribution in [-0.4, -0.2) is 4.57 Å². The number of nitrogens with zero attached hydrogens (tertiary/aromatic N) is 2. The number of aryl methyl sites for hydroxylation is 2. The summed E-state index contributed by atoms with van der Waals surface area (Å²) in [7, 11) is 0. The van der Waals surface area contributed by atoms with Gasteiger partial charge in [-0.25, -0.2) is 9.13 Å². The molecule has 0 bridgehead atoms. The molecule has 0 saturated carbocycles. The predicted octanol–water partition coefficient (Wildman–Crippen LogP) is 10.7. The van der Waals surface area contributed by atoms with Crippen molar-refractivity contribution < 1.29 is 4.57 Å². The summed E-state index contributed by atoms with van der Waals surface area (Å²) in [4.78, 5) is 0. The van der Waals surface area contributed by atoms with Gasteiger partial charge >= 0.3 is 0 Å². The van der Waals surface area contributed by atoms with Crippen LogP contribution in [0.3, 0.4) is 0 Å². The Morgan fingerprint density at radius 1 is 0.486 bits per heavy atom. The lowest BCUT2D eigenvalue weighted by Gasteiger charge is -2.06. The van der Waals surface area contributed by atoms with E-state index < -0.39 is 0 Å². The van der Waals surface area contributed by atoms with Gasteiger partial charge in [-0.15, -0.1) is 0 Å². The van der Waals surface area contributed by atoms with Crippen LogP contribution in [0.2, 0.25) is 0 Å². The van der Waals surface area contributed by atoms with Gasteiger partial charge < -0.3 is 0 Å². The maximum atomic E-state index is 2.59. The van der Waals surface area contributed by atoms with E-state index in [1.807, 2.05) is 0 Å². The van der Waals surface area contributed by atoms with Gasteiger partial charge in [0.2, 0.25) is 0 Å². The number of aromatic nitrogens is 2. The fraction of sp³-hybridized carbons (Fsp3) is 0.909. The van der Waals surface area contributed by atoms with E-state index in [2.05, 4.69) is 42.3 Å².